The number of hydrazine groups is 1. The number of amidine groups is 1. The number of hydrogen-bond donors (Lipinski definition) is 3. The van der Waals surface area contributed by atoms with E-state index in [1.54, 1.807) is 7.05 Å². The topological polar surface area (TPSA) is 96.7 Å². The largest absolute Gasteiger partial charge is 0.385 e. The number of nitrogens with zero attached hydrogens (tertiary/aromatic N) is 2. The number of carbonyl (C=O) groups excluding carboxylic acids is 1. The monoisotopic (exact) mass is 257 g/mol. The van der Waals surface area contributed by atoms with Gasteiger partial charge in [0.1, 0.15) is 5.84 Å². The first kappa shape index (κ1) is 16.7. The third-order valence-corrected chi connectivity index (χ3v) is 2.94. The number of hydrazone groups is 1. The number of rotatable bonds is 10. The first-order valence-corrected chi connectivity index (χ1v) is 6.53. The maximum absolute atomic E-state index is 10.5. The van der Waals surface area contributed by atoms with Gasteiger partial charge in [-0.2, -0.15) is 0 Å². The summed E-state index contributed by atoms with van der Waals surface area (Å²) in [6.45, 7) is 4.16. The highest BCUT2D eigenvalue weighted by Gasteiger charge is 2.12. The Kier molecular flexibility index (Phi) is 9.00. The van der Waals surface area contributed by atoms with Crippen molar-refractivity contribution in [3.8, 4) is 0 Å². The highest BCUT2D eigenvalue weighted by molar-refractivity contribution is 5.82. The fraction of sp³-hybridized carbons (Fsp3) is 0.833. The van der Waals surface area contributed by atoms with Crippen LogP contribution in [0, 0.1) is 5.92 Å². The maximum atomic E-state index is 10.5. The summed E-state index contributed by atoms with van der Waals surface area (Å²) in [6.07, 6.45) is 5.83. The molecule has 106 valence electrons. The molecule has 0 saturated heterocycles. The van der Waals surface area contributed by atoms with Gasteiger partial charge in [-0.15, -0.1) is 5.10 Å². The Morgan fingerprint density at radius 2 is 2.11 bits per heavy atom. The van der Waals surface area contributed by atoms with Gasteiger partial charge in [0.25, 0.3) is 0 Å². The Balaban J connectivity index is 4.12. The van der Waals surface area contributed by atoms with E-state index in [1.807, 2.05) is 6.92 Å². The predicted octanol–water partition coefficient (Wildman–Crippen LogP) is 0.785. The SMILES string of the molecule is CCCCC(CC[C@@H](C)/C(N)=N/N(C)N)NC=O. The second-order valence-corrected chi connectivity index (χ2v) is 4.70. The number of amides is 1. The van der Waals surface area contributed by atoms with Crippen LogP contribution in [0.3, 0.4) is 0 Å². The molecule has 0 fully saturated rings. The predicted molar refractivity (Wildman–Crippen MR) is 74.5 cm³/mol. The van der Waals surface area contributed by atoms with Crippen molar-refractivity contribution in [2.75, 3.05) is 7.05 Å². The van der Waals surface area contributed by atoms with Gasteiger partial charge in [-0.1, -0.05) is 26.7 Å². The summed E-state index contributed by atoms with van der Waals surface area (Å²) in [5, 5.41) is 8.05. The number of carbonyl (C=O) groups is 1. The Morgan fingerprint density at radius 1 is 1.44 bits per heavy atom. The molecule has 18 heavy (non-hydrogen) atoms. The van der Waals surface area contributed by atoms with E-state index in [0.29, 0.717) is 5.84 Å². The van der Waals surface area contributed by atoms with E-state index >= 15 is 0 Å². The van der Waals surface area contributed by atoms with Crippen molar-refractivity contribution >= 4 is 12.2 Å². The highest BCUT2D eigenvalue weighted by Crippen LogP contribution is 2.12. The highest BCUT2D eigenvalue weighted by atomic mass is 16.1. The van der Waals surface area contributed by atoms with Crippen LogP contribution in [0.2, 0.25) is 0 Å². The summed E-state index contributed by atoms with van der Waals surface area (Å²) < 4.78 is 0. The zero-order chi connectivity index (χ0) is 14.0. The smallest absolute Gasteiger partial charge is 0.207 e. The fourth-order valence-corrected chi connectivity index (χ4v) is 1.74. The van der Waals surface area contributed by atoms with Gasteiger partial charge < -0.3 is 11.1 Å². The number of nitrogens with two attached hydrogens (primary N) is 2. The van der Waals surface area contributed by atoms with E-state index in [1.165, 1.54) is 5.12 Å². The molecule has 0 spiro atoms. The molecule has 2 atom stereocenters. The van der Waals surface area contributed by atoms with Gasteiger partial charge in [0.2, 0.25) is 6.41 Å². The Bertz CT molecular complexity index is 255. The molecule has 0 aromatic rings. The molecule has 5 N–H and O–H groups in total. The summed E-state index contributed by atoms with van der Waals surface area (Å²) in [7, 11) is 1.64. The molecule has 0 saturated carbocycles. The van der Waals surface area contributed by atoms with Gasteiger partial charge in [-0.25, -0.2) is 11.0 Å². The standard InChI is InChI=1S/C12H27N5O/c1-4-5-6-11(15-9-18)8-7-10(2)12(13)16-17(3)14/h9-11H,4-8,14H2,1-3H3,(H2,13,16)(H,15,18)/t10-,11?/m1/s1. The molecule has 0 aliphatic carbocycles. The van der Waals surface area contributed by atoms with Gasteiger partial charge in [0.15, 0.2) is 0 Å². The normalized spacial score (nSPS) is 15.0. The molecule has 0 rings (SSSR count). The number of nitrogens with one attached hydrogen (secondary N) is 1. The summed E-state index contributed by atoms with van der Waals surface area (Å²) in [5.74, 6) is 6.10. The van der Waals surface area contributed by atoms with Gasteiger partial charge >= 0.3 is 0 Å². The number of hydrogen-bond acceptors (Lipinski definition) is 4. The lowest BCUT2D eigenvalue weighted by Crippen LogP contribution is -2.32. The molecular weight excluding hydrogens is 230 g/mol. The second kappa shape index (κ2) is 9.70. The minimum atomic E-state index is 0.161. The Morgan fingerprint density at radius 3 is 2.61 bits per heavy atom. The Labute approximate surface area is 110 Å². The zero-order valence-corrected chi connectivity index (χ0v) is 11.7. The van der Waals surface area contributed by atoms with Crippen LogP contribution >= 0.6 is 0 Å². The Hall–Kier alpha value is -1.30. The van der Waals surface area contributed by atoms with Crippen LogP contribution in [-0.4, -0.2) is 30.5 Å². The summed E-state index contributed by atoms with van der Waals surface area (Å²) in [5.41, 5.74) is 5.82. The van der Waals surface area contributed by atoms with Crippen molar-refractivity contribution in [1.82, 2.24) is 10.4 Å². The van der Waals surface area contributed by atoms with Crippen LogP contribution in [0.25, 0.3) is 0 Å². The van der Waals surface area contributed by atoms with E-state index in [-0.39, 0.29) is 12.0 Å². The molecule has 0 aliphatic rings. The fourth-order valence-electron chi connectivity index (χ4n) is 1.74. The van der Waals surface area contributed by atoms with Gasteiger partial charge in [0, 0.05) is 19.0 Å². The third kappa shape index (κ3) is 7.89. The quantitative estimate of drug-likeness (QED) is 0.177. The second-order valence-electron chi connectivity index (χ2n) is 4.70. The molecule has 0 heterocycles. The first-order valence-electron chi connectivity index (χ1n) is 6.53. The van der Waals surface area contributed by atoms with E-state index in [0.717, 1.165) is 38.5 Å². The molecule has 1 unspecified atom stereocenters. The van der Waals surface area contributed by atoms with Gasteiger partial charge in [0.05, 0.1) is 0 Å². The molecule has 0 radical (unpaired) electrons. The molecule has 6 nitrogen and oxygen atoms in total. The van der Waals surface area contributed by atoms with E-state index in [2.05, 4.69) is 17.3 Å². The zero-order valence-electron chi connectivity index (χ0n) is 11.7. The molecule has 0 aromatic carbocycles. The van der Waals surface area contributed by atoms with Crippen molar-refractivity contribution in [1.29, 1.82) is 0 Å². The number of unbranched alkanes of at least 4 members (excludes halogenated alkanes) is 1. The summed E-state index contributed by atoms with van der Waals surface area (Å²) in [4.78, 5) is 10.5. The molecule has 6 heteroatoms. The lowest BCUT2D eigenvalue weighted by Gasteiger charge is -2.18. The lowest BCUT2D eigenvalue weighted by molar-refractivity contribution is -0.110. The van der Waals surface area contributed by atoms with Crippen molar-refractivity contribution in [2.24, 2.45) is 22.6 Å². The van der Waals surface area contributed by atoms with E-state index in [4.69, 9.17) is 11.6 Å². The van der Waals surface area contributed by atoms with Gasteiger partial charge in [-0.3, -0.25) is 4.79 Å². The van der Waals surface area contributed by atoms with Crippen LogP contribution < -0.4 is 16.9 Å². The summed E-state index contributed by atoms with van der Waals surface area (Å²) >= 11 is 0. The van der Waals surface area contributed by atoms with E-state index in [9.17, 15) is 4.79 Å². The first-order chi connectivity index (χ1) is 8.51. The third-order valence-electron chi connectivity index (χ3n) is 2.94. The molecule has 0 aliphatic heterocycles. The van der Waals surface area contributed by atoms with Gasteiger partial charge in [-0.05, 0) is 19.3 Å². The van der Waals surface area contributed by atoms with E-state index < -0.39 is 0 Å². The van der Waals surface area contributed by atoms with Crippen molar-refractivity contribution < 1.29 is 4.79 Å². The average Bonchev–Trinajstić information content (AvgIpc) is 2.31. The van der Waals surface area contributed by atoms with Crippen LogP contribution in [0.15, 0.2) is 5.10 Å². The van der Waals surface area contributed by atoms with Crippen molar-refractivity contribution in [3.63, 3.8) is 0 Å². The van der Waals surface area contributed by atoms with Crippen molar-refractivity contribution in [3.05, 3.63) is 0 Å². The lowest BCUT2D eigenvalue weighted by atomic mass is 9.98. The molecule has 0 aromatic heterocycles. The van der Waals surface area contributed by atoms with Crippen LogP contribution in [0.4, 0.5) is 0 Å². The summed E-state index contributed by atoms with van der Waals surface area (Å²) in [6, 6.07) is 0.230. The van der Waals surface area contributed by atoms with Crippen LogP contribution in [0.1, 0.15) is 46.0 Å². The van der Waals surface area contributed by atoms with Crippen LogP contribution in [0.5, 0.6) is 0 Å². The molecule has 1 amide bonds. The maximum Gasteiger partial charge on any atom is 0.207 e. The molecule has 0 bridgehead atoms. The minimum absolute atomic E-state index is 0.161. The van der Waals surface area contributed by atoms with Crippen LogP contribution in [-0.2, 0) is 4.79 Å². The average molecular weight is 257 g/mol. The molecular formula is C12H27N5O. The minimum Gasteiger partial charge on any atom is -0.385 e. The van der Waals surface area contributed by atoms with Crippen molar-refractivity contribution in [2.45, 2.75) is 52.0 Å².